The summed E-state index contributed by atoms with van der Waals surface area (Å²) in [6, 6.07) is 0.389. The Balaban J connectivity index is 2.92. The number of rotatable bonds is 5. The van der Waals surface area contributed by atoms with Crippen LogP contribution in [0.5, 0.6) is 0 Å². The molecule has 0 aromatic carbocycles. The number of hydrogen-bond acceptors (Lipinski definition) is 2. The van der Waals surface area contributed by atoms with E-state index in [1.165, 1.54) is 0 Å². The standard InChI is InChI=1S/C11H23NO2S/c1-8(2)10(5)12(11-6-7-11)15(13,14)9(3)4/h8-11H,6-7H2,1-5H3/t10-/m0/s1. The normalized spacial score (nSPS) is 20.3. The molecule has 1 rings (SSSR count). The maximum absolute atomic E-state index is 12.2. The van der Waals surface area contributed by atoms with Crippen LogP contribution in [-0.4, -0.2) is 30.1 Å². The second-order valence-corrected chi connectivity index (χ2v) is 7.53. The Hall–Kier alpha value is -0.0900. The molecule has 4 heteroatoms. The predicted octanol–water partition coefficient (Wildman–Crippen LogP) is 2.23. The minimum atomic E-state index is -3.09. The van der Waals surface area contributed by atoms with Gasteiger partial charge in [-0.2, -0.15) is 4.31 Å². The summed E-state index contributed by atoms with van der Waals surface area (Å²) in [5.41, 5.74) is 0. The molecule has 0 unspecified atom stereocenters. The third-order valence-corrected chi connectivity index (χ3v) is 5.57. The Morgan fingerprint density at radius 2 is 1.53 bits per heavy atom. The molecular weight excluding hydrogens is 210 g/mol. The van der Waals surface area contributed by atoms with Crippen LogP contribution < -0.4 is 0 Å². The fraction of sp³-hybridized carbons (Fsp3) is 1.00. The molecule has 0 N–H and O–H groups in total. The zero-order chi connectivity index (χ0) is 11.8. The van der Waals surface area contributed by atoms with Gasteiger partial charge in [0.15, 0.2) is 0 Å². The first kappa shape index (κ1) is 13.0. The van der Waals surface area contributed by atoms with Crippen LogP contribution >= 0.6 is 0 Å². The van der Waals surface area contributed by atoms with E-state index in [1.54, 1.807) is 18.2 Å². The lowest BCUT2D eigenvalue weighted by atomic mass is 10.1. The summed E-state index contributed by atoms with van der Waals surface area (Å²) >= 11 is 0. The van der Waals surface area contributed by atoms with Crippen molar-refractivity contribution < 1.29 is 8.42 Å². The van der Waals surface area contributed by atoms with E-state index in [1.807, 2.05) is 6.92 Å². The Morgan fingerprint density at radius 1 is 1.07 bits per heavy atom. The van der Waals surface area contributed by atoms with Crippen molar-refractivity contribution in [3.63, 3.8) is 0 Å². The van der Waals surface area contributed by atoms with Crippen molar-refractivity contribution in [3.05, 3.63) is 0 Å². The van der Waals surface area contributed by atoms with Crippen LogP contribution in [0.25, 0.3) is 0 Å². The zero-order valence-corrected chi connectivity index (χ0v) is 11.2. The van der Waals surface area contributed by atoms with E-state index < -0.39 is 10.0 Å². The van der Waals surface area contributed by atoms with Crippen LogP contribution in [0, 0.1) is 5.92 Å². The molecule has 0 radical (unpaired) electrons. The van der Waals surface area contributed by atoms with Gasteiger partial charge in [-0.25, -0.2) is 8.42 Å². The molecule has 90 valence electrons. The van der Waals surface area contributed by atoms with E-state index in [2.05, 4.69) is 13.8 Å². The van der Waals surface area contributed by atoms with E-state index >= 15 is 0 Å². The van der Waals surface area contributed by atoms with Gasteiger partial charge < -0.3 is 0 Å². The number of hydrogen-bond donors (Lipinski definition) is 0. The third kappa shape index (κ3) is 2.72. The Bertz CT molecular complexity index is 305. The lowest BCUT2D eigenvalue weighted by molar-refractivity contribution is 0.267. The van der Waals surface area contributed by atoms with Gasteiger partial charge in [0, 0.05) is 12.1 Å². The van der Waals surface area contributed by atoms with Crippen LogP contribution in [0.1, 0.15) is 47.5 Å². The fourth-order valence-electron chi connectivity index (χ4n) is 1.64. The van der Waals surface area contributed by atoms with E-state index in [0.717, 1.165) is 12.8 Å². The number of sulfonamides is 1. The van der Waals surface area contributed by atoms with Gasteiger partial charge in [0.25, 0.3) is 0 Å². The monoisotopic (exact) mass is 233 g/mol. The first-order chi connectivity index (χ1) is 6.78. The molecule has 0 aliphatic heterocycles. The van der Waals surface area contributed by atoms with Crippen molar-refractivity contribution in [1.29, 1.82) is 0 Å². The molecule has 0 saturated heterocycles. The highest BCUT2D eigenvalue weighted by molar-refractivity contribution is 7.89. The highest BCUT2D eigenvalue weighted by Crippen LogP contribution is 2.34. The molecule has 0 aromatic heterocycles. The summed E-state index contributed by atoms with van der Waals surface area (Å²) in [7, 11) is -3.09. The van der Waals surface area contributed by atoms with Gasteiger partial charge >= 0.3 is 0 Å². The predicted molar refractivity (Wildman–Crippen MR) is 63.2 cm³/mol. The van der Waals surface area contributed by atoms with Crippen molar-refractivity contribution in [1.82, 2.24) is 4.31 Å². The quantitative estimate of drug-likeness (QED) is 0.730. The largest absolute Gasteiger partial charge is 0.216 e. The smallest absolute Gasteiger partial charge is 0.212 e. The van der Waals surface area contributed by atoms with E-state index in [9.17, 15) is 8.42 Å². The summed E-state index contributed by atoms with van der Waals surface area (Å²) in [5, 5.41) is -0.306. The van der Waals surface area contributed by atoms with Crippen molar-refractivity contribution >= 4 is 10.0 Å². The van der Waals surface area contributed by atoms with Crippen LogP contribution in [0.3, 0.4) is 0 Å². The van der Waals surface area contributed by atoms with Gasteiger partial charge in [-0.3, -0.25) is 0 Å². The van der Waals surface area contributed by atoms with Gasteiger partial charge in [-0.05, 0) is 39.5 Å². The topological polar surface area (TPSA) is 37.4 Å². The molecule has 1 saturated carbocycles. The van der Waals surface area contributed by atoms with Gasteiger partial charge in [-0.1, -0.05) is 13.8 Å². The molecule has 15 heavy (non-hydrogen) atoms. The molecule has 0 aromatic rings. The highest BCUT2D eigenvalue weighted by Gasteiger charge is 2.42. The second-order valence-electron chi connectivity index (χ2n) is 5.14. The Labute approximate surface area is 93.9 Å². The van der Waals surface area contributed by atoms with E-state index in [0.29, 0.717) is 5.92 Å². The Morgan fingerprint density at radius 3 is 1.80 bits per heavy atom. The molecule has 0 amide bonds. The summed E-state index contributed by atoms with van der Waals surface area (Å²) in [5.74, 6) is 0.374. The van der Waals surface area contributed by atoms with Crippen molar-refractivity contribution in [2.45, 2.75) is 64.8 Å². The molecule has 0 bridgehead atoms. The Kier molecular flexibility index (Phi) is 3.82. The average molecular weight is 233 g/mol. The number of nitrogens with zero attached hydrogens (tertiary/aromatic N) is 1. The van der Waals surface area contributed by atoms with Crippen LogP contribution in [0.15, 0.2) is 0 Å². The average Bonchev–Trinajstić information content (AvgIpc) is 2.87. The van der Waals surface area contributed by atoms with E-state index in [-0.39, 0.29) is 17.3 Å². The van der Waals surface area contributed by atoms with Crippen molar-refractivity contribution in [3.8, 4) is 0 Å². The van der Waals surface area contributed by atoms with Gasteiger partial charge in [0.1, 0.15) is 0 Å². The third-order valence-electron chi connectivity index (χ3n) is 3.16. The maximum Gasteiger partial charge on any atom is 0.216 e. The molecule has 0 spiro atoms. The van der Waals surface area contributed by atoms with Crippen LogP contribution in [0.2, 0.25) is 0 Å². The molecule has 1 aliphatic carbocycles. The molecule has 1 aliphatic rings. The summed E-state index contributed by atoms with van der Waals surface area (Å²) in [6.45, 7) is 9.70. The van der Waals surface area contributed by atoms with Crippen LogP contribution in [-0.2, 0) is 10.0 Å². The van der Waals surface area contributed by atoms with E-state index in [4.69, 9.17) is 0 Å². The molecule has 0 heterocycles. The first-order valence-electron chi connectivity index (χ1n) is 5.80. The first-order valence-corrected chi connectivity index (χ1v) is 7.31. The second kappa shape index (κ2) is 4.42. The maximum atomic E-state index is 12.2. The van der Waals surface area contributed by atoms with Crippen molar-refractivity contribution in [2.75, 3.05) is 0 Å². The van der Waals surface area contributed by atoms with Gasteiger partial charge in [-0.15, -0.1) is 0 Å². The lowest BCUT2D eigenvalue weighted by Crippen LogP contribution is -2.46. The minimum absolute atomic E-state index is 0.116. The fourth-order valence-corrected chi connectivity index (χ4v) is 3.46. The molecule has 1 fully saturated rings. The highest BCUT2D eigenvalue weighted by atomic mass is 32.2. The van der Waals surface area contributed by atoms with Crippen molar-refractivity contribution in [2.24, 2.45) is 5.92 Å². The summed E-state index contributed by atoms with van der Waals surface area (Å²) in [4.78, 5) is 0. The molecule has 3 nitrogen and oxygen atoms in total. The minimum Gasteiger partial charge on any atom is -0.212 e. The van der Waals surface area contributed by atoms with Crippen LogP contribution in [0.4, 0.5) is 0 Å². The molecular formula is C11H23NO2S. The molecule has 1 atom stereocenters. The van der Waals surface area contributed by atoms with Gasteiger partial charge in [0.05, 0.1) is 5.25 Å². The van der Waals surface area contributed by atoms with Gasteiger partial charge in [0.2, 0.25) is 10.0 Å². The summed E-state index contributed by atoms with van der Waals surface area (Å²) < 4.78 is 26.1. The lowest BCUT2D eigenvalue weighted by Gasteiger charge is -2.32. The zero-order valence-electron chi connectivity index (χ0n) is 10.4. The summed E-state index contributed by atoms with van der Waals surface area (Å²) in [6.07, 6.45) is 2.06. The SMILES string of the molecule is CC(C)[C@H](C)N(C1CC1)S(=O)(=O)C(C)C.